The Kier molecular flexibility index (Phi) is 5.34. The summed E-state index contributed by atoms with van der Waals surface area (Å²) in [6, 6.07) is 13.4. The van der Waals surface area contributed by atoms with Gasteiger partial charge in [0.1, 0.15) is 0 Å². The van der Waals surface area contributed by atoms with Crippen LogP contribution in [0.4, 0.5) is 0 Å². The third-order valence-electron chi connectivity index (χ3n) is 2.88. The summed E-state index contributed by atoms with van der Waals surface area (Å²) in [6.45, 7) is 1.01. The fraction of sp³-hybridized carbons (Fsp3) is 0.133. The molecule has 0 fully saturated rings. The van der Waals surface area contributed by atoms with Crippen molar-refractivity contribution in [3.8, 4) is 0 Å². The van der Waals surface area contributed by atoms with Gasteiger partial charge in [0, 0.05) is 22.0 Å². The van der Waals surface area contributed by atoms with E-state index in [1.165, 1.54) is 0 Å². The molecule has 0 saturated carbocycles. The summed E-state index contributed by atoms with van der Waals surface area (Å²) in [5.74, 6) is -0.110. The summed E-state index contributed by atoms with van der Waals surface area (Å²) >= 11 is 6.74. The topological polar surface area (TPSA) is 55.1 Å². The van der Waals surface area contributed by atoms with E-state index >= 15 is 0 Å². The van der Waals surface area contributed by atoms with Crippen LogP contribution in [0.5, 0.6) is 0 Å². The monoisotopic (exact) mass is 396 g/mol. The van der Waals surface area contributed by atoms with Gasteiger partial charge in [0.15, 0.2) is 0 Å². The van der Waals surface area contributed by atoms with Gasteiger partial charge < -0.3 is 11.1 Å². The lowest BCUT2D eigenvalue weighted by Crippen LogP contribution is -2.23. The number of hydrogen-bond acceptors (Lipinski definition) is 2. The van der Waals surface area contributed by atoms with E-state index in [1.54, 1.807) is 6.07 Å². The molecular formula is C15H14Br2N2O. The van der Waals surface area contributed by atoms with Gasteiger partial charge in [0.2, 0.25) is 0 Å². The molecule has 2 rings (SSSR count). The maximum absolute atomic E-state index is 12.1. The van der Waals surface area contributed by atoms with Crippen molar-refractivity contribution in [1.29, 1.82) is 0 Å². The molecule has 0 saturated heterocycles. The fourth-order valence-corrected chi connectivity index (χ4v) is 2.53. The zero-order valence-corrected chi connectivity index (χ0v) is 13.9. The predicted octanol–water partition coefficient (Wildman–Crippen LogP) is 3.60. The quantitative estimate of drug-likeness (QED) is 0.827. The largest absolute Gasteiger partial charge is 0.348 e. The highest BCUT2D eigenvalue weighted by atomic mass is 79.9. The highest BCUT2D eigenvalue weighted by molar-refractivity contribution is 9.11. The maximum atomic E-state index is 12.1. The molecule has 0 aromatic heterocycles. The first-order valence-corrected chi connectivity index (χ1v) is 7.70. The van der Waals surface area contributed by atoms with Crippen molar-refractivity contribution in [2.75, 3.05) is 0 Å². The SMILES string of the molecule is NCc1ccc(CNC(=O)c2cc(Br)ccc2Br)cc1. The van der Waals surface area contributed by atoms with Gasteiger partial charge in [0.25, 0.3) is 5.91 Å². The molecule has 0 aliphatic rings. The molecule has 3 N–H and O–H groups in total. The Morgan fingerprint density at radius 1 is 1.05 bits per heavy atom. The first-order chi connectivity index (χ1) is 9.60. The lowest BCUT2D eigenvalue weighted by atomic mass is 10.1. The Morgan fingerprint density at radius 3 is 2.35 bits per heavy atom. The van der Waals surface area contributed by atoms with Gasteiger partial charge in [-0.1, -0.05) is 40.2 Å². The third kappa shape index (κ3) is 3.91. The van der Waals surface area contributed by atoms with E-state index in [9.17, 15) is 4.79 Å². The Bertz CT molecular complexity index is 612. The lowest BCUT2D eigenvalue weighted by Gasteiger charge is -2.08. The summed E-state index contributed by atoms with van der Waals surface area (Å²) in [6.07, 6.45) is 0. The standard InChI is InChI=1S/C15H14Br2N2O/c16-12-5-6-14(17)13(7-12)15(20)19-9-11-3-1-10(8-18)2-4-11/h1-7H,8-9,18H2,(H,19,20). The van der Waals surface area contributed by atoms with Gasteiger partial charge in [0.05, 0.1) is 5.56 Å². The first-order valence-electron chi connectivity index (χ1n) is 6.11. The summed E-state index contributed by atoms with van der Waals surface area (Å²) in [5, 5.41) is 2.90. The molecule has 3 nitrogen and oxygen atoms in total. The molecule has 0 bridgehead atoms. The summed E-state index contributed by atoms with van der Waals surface area (Å²) in [5.41, 5.74) is 8.28. The molecule has 104 valence electrons. The van der Waals surface area contributed by atoms with Crippen molar-refractivity contribution in [2.45, 2.75) is 13.1 Å². The molecule has 0 spiro atoms. The highest BCUT2D eigenvalue weighted by Crippen LogP contribution is 2.21. The minimum absolute atomic E-state index is 0.110. The van der Waals surface area contributed by atoms with Gasteiger partial charge >= 0.3 is 0 Å². The van der Waals surface area contributed by atoms with Crippen LogP contribution in [0.1, 0.15) is 21.5 Å². The molecule has 0 aliphatic carbocycles. The minimum atomic E-state index is -0.110. The first kappa shape index (κ1) is 15.2. The molecule has 20 heavy (non-hydrogen) atoms. The van der Waals surface area contributed by atoms with Gasteiger partial charge in [-0.05, 0) is 45.3 Å². The predicted molar refractivity (Wildman–Crippen MR) is 87.3 cm³/mol. The number of halogens is 2. The summed E-state index contributed by atoms with van der Waals surface area (Å²) in [4.78, 5) is 12.1. The number of benzene rings is 2. The smallest absolute Gasteiger partial charge is 0.252 e. The van der Waals surface area contributed by atoms with Crippen LogP contribution in [0.3, 0.4) is 0 Å². The highest BCUT2D eigenvalue weighted by Gasteiger charge is 2.10. The van der Waals surface area contributed by atoms with E-state index in [4.69, 9.17) is 5.73 Å². The van der Waals surface area contributed by atoms with Crippen LogP contribution in [0.2, 0.25) is 0 Å². The number of carbonyl (C=O) groups excluding carboxylic acids is 1. The van der Waals surface area contributed by atoms with Gasteiger partial charge in [-0.25, -0.2) is 0 Å². The summed E-state index contributed by atoms with van der Waals surface area (Å²) in [7, 11) is 0. The molecule has 0 aliphatic heterocycles. The number of nitrogens with one attached hydrogen (secondary N) is 1. The molecule has 0 unspecified atom stereocenters. The molecule has 1 amide bonds. The maximum Gasteiger partial charge on any atom is 0.252 e. The van der Waals surface area contributed by atoms with E-state index in [0.717, 1.165) is 20.1 Å². The zero-order valence-electron chi connectivity index (χ0n) is 10.7. The van der Waals surface area contributed by atoms with E-state index in [1.807, 2.05) is 36.4 Å². The van der Waals surface area contributed by atoms with Crippen LogP contribution in [0.15, 0.2) is 51.4 Å². The molecule has 0 radical (unpaired) electrons. The van der Waals surface area contributed by atoms with Crippen molar-refractivity contribution in [3.63, 3.8) is 0 Å². The van der Waals surface area contributed by atoms with Crippen molar-refractivity contribution in [1.82, 2.24) is 5.32 Å². The van der Waals surface area contributed by atoms with Crippen LogP contribution in [-0.4, -0.2) is 5.91 Å². The van der Waals surface area contributed by atoms with E-state index in [0.29, 0.717) is 18.7 Å². The van der Waals surface area contributed by atoms with Crippen molar-refractivity contribution in [3.05, 3.63) is 68.1 Å². The molecule has 0 heterocycles. The van der Waals surface area contributed by atoms with Crippen LogP contribution >= 0.6 is 31.9 Å². The second-order valence-electron chi connectivity index (χ2n) is 4.33. The number of nitrogens with two attached hydrogens (primary N) is 1. The average Bonchev–Trinajstić information content (AvgIpc) is 2.47. The van der Waals surface area contributed by atoms with Crippen molar-refractivity contribution in [2.24, 2.45) is 5.73 Å². The van der Waals surface area contributed by atoms with Crippen LogP contribution < -0.4 is 11.1 Å². The number of carbonyl (C=O) groups is 1. The van der Waals surface area contributed by atoms with E-state index in [2.05, 4.69) is 37.2 Å². The van der Waals surface area contributed by atoms with Gasteiger partial charge in [-0.2, -0.15) is 0 Å². The number of rotatable bonds is 4. The Labute approximate surface area is 134 Å². The van der Waals surface area contributed by atoms with Crippen LogP contribution in [0, 0.1) is 0 Å². The normalized spacial score (nSPS) is 10.3. The Morgan fingerprint density at radius 2 is 1.70 bits per heavy atom. The third-order valence-corrected chi connectivity index (χ3v) is 4.07. The van der Waals surface area contributed by atoms with E-state index < -0.39 is 0 Å². The second-order valence-corrected chi connectivity index (χ2v) is 6.10. The van der Waals surface area contributed by atoms with Crippen molar-refractivity contribution < 1.29 is 4.79 Å². The number of hydrogen-bond donors (Lipinski definition) is 2. The molecular weight excluding hydrogens is 384 g/mol. The number of amides is 1. The van der Waals surface area contributed by atoms with Crippen molar-refractivity contribution >= 4 is 37.8 Å². The molecule has 2 aromatic carbocycles. The van der Waals surface area contributed by atoms with Gasteiger partial charge in [-0.15, -0.1) is 0 Å². The molecule has 2 aromatic rings. The zero-order chi connectivity index (χ0) is 14.5. The minimum Gasteiger partial charge on any atom is -0.348 e. The van der Waals surface area contributed by atoms with Crippen LogP contribution in [-0.2, 0) is 13.1 Å². The van der Waals surface area contributed by atoms with Crippen LogP contribution in [0.25, 0.3) is 0 Å². The lowest BCUT2D eigenvalue weighted by molar-refractivity contribution is 0.0950. The second kappa shape index (κ2) is 7.02. The molecule has 0 atom stereocenters. The summed E-state index contributed by atoms with van der Waals surface area (Å²) < 4.78 is 1.65. The van der Waals surface area contributed by atoms with E-state index in [-0.39, 0.29) is 5.91 Å². The van der Waals surface area contributed by atoms with Gasteiger partial charge in [-0.3, -0.25) is 4.79 Å². The fourth-order valence-electron chi connectivity index (χ4n) is 1.74. The Hall–Kier alpha value is -1.17. The average molecular weight is 398 g/mol. The molecule has 5 heteroatoms. The Balaban J connectivity index is 2.02.